The van der Waals surface area contributed by atoms with E-state index in [0.29, 0.717) is 0 Å². The molecule has 2 heteroatoms. The second kappa shape index (κ2) is 7.74. The van der Waals surface area contributed by atoms with Crippen molar-refractivity contribution >= 4 is 5.78 Å². The lowest BCUT2D eigenvalue weighted by molar-refractivity contribution is -0.112. The summed E-state index contributed by atoms with van der Waals surface area (Å²) in [5.41, 5.74) is 0.168. The van der Waals surface area contributed by atoms with Crippen LogP contribution in [-0.4, -0.2) is 29.8 Å². The highest BCUT2D eigenvalue weighted by molar-refractivity contribution is 5.87. The lowest BCUT2D eigenvalue weighted by Crippen LogP contribution is -2.38. The predicted octanol–water partition coefficient (Wildman–Crippen LogP) is 2.89. The van der Waals surface area contributed by atoms with Crippen LogP contribution in [0.25, 0.3) is 0 Å². The first kappa shape index (κ1) is 15.8. The largest absolute Gasteiger partial charge is 0.298 e. The number of allylic oxidation sites excluding steroid dienone is 1. The van der Waals surface area contributed by atoms with Crippen LogP contribution in [0.4, 0.5) is 0 Å². The van der Waals surface area contributed by atoms with Crippen molar-refractivity contribution in [3.63, 3.8) is 0 Å². The van der Waals surface area contributed by atoms with Gasteiger partial charge in [-0.25, -0.2) is 0 Å². The Labute approximate surface area is 89.0 Å². The van der Waals surface area contributed by atoms with Gasteiger partial charge in [-0.05, 0) is 40.8 Å². The summed E-state index contributed by atoms with van der Waals surface area (Å²) in [5.74, 6) is 0.109. The molecule has 0 saturated heterocycles. The maximum Gasteiger partial charge on any atom is 0.152 e. The van der Waals surface area contributed by atoms with Crippen LogP contribution in [0.2, 0.25) is 0 Å². The molecule has 0 amide bonds. The van der Waals surface area contributed by atoms with Crippen molar-refractivity contribution in [3.8, 4) is 0 Å². The van der Waals surface area contributed by atoms with E-state index in [-0.39, 0.29) is 11.3 Å². The van der Waals surface area contributed by atoms with E-state index in [1.807, 2.05) is 27.0 Å². The molecular formula is C12H25NO. The fraction of sp³-hybridized carbons (Fsp3) is 0.750. The third-order valence-electron chi connectivity index (χ3n) is 1.88. The maximum absolute atomic E-state index is 10.6. The number of nitrogens with zero attached hydrogens (tertiary/aromatic N) is 1. The third kappa shape index (κ3) is 9.46. The first-order valence-electron chi connectivity index (χ1n) is 5.22. The Balaban J connectivity index is 0. The molecule has 0 fully saturated rings. The van der Waals surface area contributed by atoms with Gasteiger partial charge in [-0.2, -0.15) is 0 Å². The number of rotatable bonds is 3. The summed E-state index contributed by atoms with van der Waals surface area (Å²) in [6, 6.07) is 0. The number of hydrogen-bond donors (Lipinski definition) is 0. The second-order valence-corrected chi connectivity index (χ2v) is 4.06. The zero-order valence-corrected chi connectivity index (χ0v) is 10.7. The molecular weight excluding hydrogens is 174 g/mol. The number of likely N-dealkylation sites (N-methyl/N-ethyl adjacent to an activating group) is 1. The molecule has 0 aliphatic rings. The summed E-state index contributed by atoms with van der Waals surface area (Å²) in [5, 5.41) is 0. The average Bonchev–Trinajstić information content (AvgIpc) is 2.05. The minimum absolute atomic E-state index is 0.109. The smallest absolute Gasteiger partial charge is 0.152 e. The fourth-order valence-corrected chi connectivity index (χ4v) is 0.651. The highest BCUT2D eigenvalue weighted by Gasteiger charge is 2.14. The van der Waals surface area contributed by atoms with E-state index in [1.165, 1.54) is 0 Å². The molecule has 0 aliphatic heterocycles. The zero-order chi connectivity index (χ0) is 11.8. The molecule has 84 valence electrons. The summed E-state index contributed by atoms with van der Waals surface area (Å²) >= 11 is 0. The van der Waals surface area contributed by atoms with E-state index >= 15 is 0 Å². The number of hydrogen-bond acceptors (Lipinski definition) is 2. The van der Waals surface area contributed by atoms with E-state index in [2.05, 4.69) is 25.7 Å². The lowest BCUT2D eigenvalue weighted by atomic mass is 10.1. The molecule has 0 radical (unpaired) electrons. The lowest BCUT2D eigenvalue weighted by Gasteiger charge is -2.30. The van der Waals surface area contributed by atoms with Gasteiger partial charge in [-0.3, -0.25) is 9.69 Å². The first-order chi connectivity index (χ1) is 6.34. The Morgan fingerprint density at radius 2 is 1.71 bits per heavy atom. The number of ketones is 1. The van der Waals surface area contributed by atoms with Gasteiger partial charge in [0, 0.05) is 12.1 Å². The van der Waals surface area contributed by atoms with Crippen molar-refractivity contribution in [3.05, 3.63) is 12.2 Å². The molecule has 0 bridgehead atoms. The maximum atomic E-state index is 10.6. The Hall–Kier alpha value is -0.630. The minimum Gasteiger partial charge on any atom is -0.298 e. The van der Waals surface area contributed by atoms with Crippen LogP contribution in [0.3, 0.4) is 0 Å². The first-order valence-corrected chi connectivity index (χ1v) is 5.22. The molecule has 0 spiro atoms. The van der Waals surface area contributed by atoms with Gasteiger partial charge in [-0.15, -0.1) is 0 Å². The zero-order valence-electron chi connectivity index (χ0n) is 10.7. The molecule has 2 nitrogen and oxygen atoms in total. The van der Waals surface area contributed by atoms with Crippen LogP contribution in [0, 0.1) is 0 Å². The van der Waals surface area contributed by atoms with Crippen molar-refractivity contribution in [1.29, 1.82) is 0 Å². The van der Waals surface area contributed by atoms with Crippen LogP contribution in [-0.2, 0) is 4.79 Å². The summed E-state index contributed by atoms with van der Waals surface area (Å²) in [6.45, 7) is 12.8. The molecule has 0 rings (SSSR count). The Kier molecular flexibility index (Phi) is 8.75. The molecule has 0 aromatic carbocycles. The quantitative estimate of drug-likeness (QED) is 0.651. The van der Waals surface area contributed by atoms with E-state index in [9.17, 15) is 4.79 Å². The monoisotopic (exact) mass is 199 g/mol. The van der Waals surface area contributed by atoms with Crippen LogP contribution in [0.1, 0.15) is 41.5 Å². The van der Waals surface area contributed by atoms with Crippen LogP contribution in [0.5, 0.6) is 0 Å². The Morgan fingerprint density at radius 3 is 2.00 bits per heavy atom. The molecule has 0 atom stereocenters. The number of carbonyl (C=O) groups excluding carboxylic acids is 1. The molecule has 0 unspecified atom stereocenters. The second-order valence-electron chi connectivity index (χ2n) is 4.06. The predicted molar refractivity (Wildman–Crippen MR) is 63.6 cm³/mol. The fourth-order valence-electron chi connectivity index (χ4n) is 0.651. The molecule has 0 N–H and O–H groups in total. The summed E-state index contributed by atoms with van der Waals surface area (Å²) in [4.78, 5) is 12.8. The molecule has 0 aliphatic carbocycles. The van der Waals surface area contributed by atoms with Gasteiger partial charge < -0.3 is 0 Å². The van der Waals surface area contributed by atoms with E-state index in [4.69, 9.17) is 0 Å². The van der Waals surface area contributed by atoms with Gasteiger partial charge in [0.05, 0.1) is 0 Å². The normalized spacial score (nSPS) is 11.4. The van der Waals surface area contributed by atoms with Gasteiger partial charge in [-0.1, -0.05) is 19.9 Å². The van der Waals surface area contributed by atoms with Crippen molar-refractivity contribution < 1.29 is 4.79 Å². The third-order valence-corrected chi connectivity index (χ3v) is 1.88. The number of carbonyl (C=O) groups is 1. The van der Waals surface area contributed by atoms with Gasteiger partial charge in [0.25, 0.3) is 0 Å². The van der Waals surface area contributed by atoms with Gasteiger partial charge >= 0.3 is 0 Å². The summed E-state index contributed by atoms with van der Waals surface area (Å²) in [7, 11) is 2.05. The SMILES string of the molecule is CC.CC(=O)/C=C/CN(C)C(C)(C)C. The topological polar surface area (TPSA) is 20.3 Å². The highest BCUT2D eigenvalue weighted by Crippen LogP contribution is 2.09. The van der Waals surface area contributed by atoms with Crippen molar-refractivity contribution in [2.45, 2.75) is 47.1 Å². The van der Waals surface area contributed by atoms with E-state index < -0.39 is 0 Å². The van der Waals surface area contributed by atoms with E-state index in [1.54, 1.807) is 13.0 Å². The van der Waals surface area contributed by atoms with Crippen molar-refractivity contribution in [2.75, 3.05) is 13.6 Å². The highest BCUT2D eigenvalue weighted by atomic mass is 16.1. The van der Waals surface area contributed by atoms with Crippen molar-refractivity contribution in [1.82, 2.24) is 4.90 Å². The Bertz CT molecular complexity index is 177. The standard InChI is InChI=1S/C10H19NO.C2H6/c1-9(12)7-6-8-11(5)10(2,3)4;1-2/h6-7H,8H2,1-5H3;1-2H3/b7-6+;. The molecule has 0 aromatic heterocycles. The van der Waals surface area contributed by atoms with Gasteiger partial charge in [0.2, 0.25) is 0 Å². The van der Waals surface area contributed by atoms with Crippen LogP contribution in [0.15, 0.2) is 12.2 Å². The molecule has 0 saturated carbocycles. The van der Waals surface area contributed by atoms with Crippen LogP contribution < -0.4 is 0 Å². The van der Waals surface area contributed by atoms with Gasteiger partial charge in [0.15, 0.2) is 5.78 Å². The molecule has 14 heavy (non-hydrogen) atoms. The Morgan fingerprint density at radius 1 is 1.29 bits per heavy atom. The van der Waals surface area contributed by atoms with Crippen LogP contribution >= 0.6 is 0 Å². The minimum atomic E-state index is 0.109. The summed E-state index contributed by atoms with van der Waals surface area (Å²) in [6.07, 6.45) is 3.51. The summed E-state index contributed by atoms with van der Waals surface area (Å²) < 4.78 is 0. The molecule has 0 aromatic rings. The van der Waals surface area contributed by atoms with Crippen molar-refractivity contribution in [2.24, 2.45) is 0 Å². The van der Waals surface area contributed by atoms with E-state index in [0.717, 1.165) is 6.54 Å². The van der Waals surface area contributed by atoms with Gasteiger partial charge in [0.1, 0.15) is 0 Å². The molecule has 0 heterocycles. The average molecular weight is 199 g/mol.